The average molecular weight is 427 g/mol. The number of Topliss-reactive ketones (excluding diaryl/α,β-unsaturated/α-hetero) is 1. The summed E-state index contributed by atoms with van der Waals surface area (Å²) in [6, 6.07) is 0. The maximum Gasteiger partial charge on any atom is 0.320 e. The number of aliphatic hydroxyl groups is 1. The van der Waals surface area contributed by atoms with Gasteiger partial charge in [-0.05, 0) is 51.8 Å². The molecule has 0 amide bonds. The molecule has 1 aliphatic carbocycles. The zero-order valence-electron chi connectivity index (χ0n) is 19.5. The smallest absolute Gasteiger partial charge is 0.320 e. The highest BCUT2D eigenvalue weighted by Gasteiger charge is 2.73. The fourth-order valence-electron chi connectivity index (χ4n) is 5.12. The summed E-state index contributed by atoms with van der Waals surface area (Å²) in [7, 11) is 0. The summed E-state index contributed by atoms with van der Waals surface area (Å²) < 4.78 is 11.5. The molecule has 0 radical (unpaired) electrons. The van der Waals surface area contributed by atoms with Gasteiger partial charge in [-0.15, -0.1) is 0 Å². The molecule has 168 valence electrons. The number of carbonyl (C=O) groups is 2. The molecule has 2 heterocycles. The minimum absolute atomic E-state index is 0.0258. The Hall–Kier alpha value is -2.24. The first-order chi connectivity index (χ1) is 14.4. The lowest BCUT2D eigenvalue weighted by molar-refractivity contribution is -0.161. The summed E-state index contributed by atoms with van der Waals surface area (Å²) >= 11 is 0. The minimum Gasteiger partial charge on any atom is -0.460 e. The van der Waals surface area contributed by atoms with Crippen molar-refractivity contribution in [2.45, 2.75) is 72.4 Å². The van der Waals surface area contributed by atoms with E-state index in [1.54, 1.807) is 13.8 Å². The van der Waals surface area contributed by atoms with Crippen LogP contribution in [0.15, 0.2) is 59.8 Å². The summed E-state index contributed by atoms with van der Waals surface area (Å²) in [4.78, 5) is 24.8. The summed E-state index contributed by atoms with van der Waals surface area (Å²) in [5.41, 5.74) is -0.827. The van der Waals surface area contributed by atoms with E-state index in [4.69, 9.17) is 9.47 Å². The van der Waals surface area contributed by atoms with Crippen LogP contribution in [-0.2, 0) is 19.1 Å². The van der Waals surface area contributed by atoms with Crippen molar-refractivity contribution in [3.63, 3.8) is 0 Å². The second-order valence-electron chi connectivity index (χ2n) is 9.70. The first kappa shape index (κ1) is 23.4. The van der Waals surface area contributed by atoms with Gasteiger partial charge in [0.25, 0.3) is 0 Å². The van der Waals surface area contributed by atoms with Gasteiger partial charge in [0.2, 0.25) is 0 Å². The van der Waals surface area contributed by atoms with E-state index in [-0.39, 0.29) is 17.8 Å². The summed E-state index contributed by atoms with van der Waals surface area (Å²) in [6.45, 7) is 13.1. The quantitative estimate of drug-likeness (QED) is 0.308. The topological polar surface area (TPSA) is 72.8 Å². The third-order valence-corrected chi connectivity index (χ3v) is 7.36. The molecule has 2 aliphatic heterocycles. The molecule has 1 saturated carbocycles. The number of ketones is 1. The molecule has 2 fully saturated rings. The van der Waals surface area contributed by atoms with Crippen molar-refractivity contribution >= 4 is 11.8 Å². The molecule has 7 unspecified atom stereocenters. The van der Waals surface area contributed by atoms with E-state index >= 15 is 0 Å². The molecule has 5 heteroatoms. The van der Waals surface area contributed by atoms with E-state index in [0.717, 1.165) is 11.1 Å². The van der Waals surface area contributed by atoms with Crippen LogP contribution < -0.4 is 0 Å². The third-order valence-electron chi connectivity index (χ3n) is 7.36. The lowest BCUT2D eigenvalue weighted by atomic mass is 9.68. The van der Waals surface area contributed by atoms with Crippen molar-refractivity contribution < 1.29 is 24.2 Å². The molecule has 0 spiro atoms. The standard InChI is InChI=1S/C26H34O5/c1-16(21-25(6,29)15-17(2)19(4)30-21)13-11-9-8-10-12-14-24(5)22-18(3)20(27)26(24,7)23(28)31-22/h8-15,18-19,21-22,29H,1-7H3. The van der Waals surface area contributed by atoms with Crippen LogP contribution in [-0.4, -0.2) is 40.8 Å². The molecule has 31 heavy (non-hydrogen) atoms. The van der Waals surface area contributed by atoms with Gasteiger partial charge in [0.15, 0.2) is 5.78 Å². The largest absolute Gasteiger partial charge is 0.460 e. The Bertz CT molecular complexity index is 918. The number of hydrogen-bond acceptors (Lipinski definition) is 5. The van der Waals surface area contributed by atoms with Gasteiger partial charge >= 0.3 is 5.97 Å². The highest BCUT2D eigenvalue weighted by Crippen LogP contribution is 2.60. The molecule has 5 nitrogen and oxygen atoms in total. The number of carbonyl (C=O) groups excluding carboxylic acids is 2. The summed E-state index contributed by atoms with van der Waals surface area (Å²) in [5, 5.41) is 10.7. The maximum absolute atomic E-state index is 12.6. The van der Waals surface area contributed by atoms with Gasteiger partial charge in [-0.3, -0.25) is 9.59 Å². The van der Waals surface area contributed by atoms with Crippen LogP contribution in [0.1, 0.15) is 48.5 Å². The lowest BCUT2D eigenvalue weighted by Gasteiger charge is -2.38. The van der Waals surface area contributed by atoms with Crippen LogP contribution in [0.5, 0.6) is 0 Å². The normalized spacial score (nSPS) is 43.5. The summed E-state index contributed by atoms with van der Waals surface area (Å²) in [6.07, 6.45) is 14.3. The van der Waals surface area contributed by atoms with Crippen molar-refractivity contribution in [3.05, 3.63) is 59.8 Å². The monoisotopic (exact) mass is 426 g/mol. The zero-order chi connectivity index (χ0) is 23.2. The SMILES string of the molecule is CC1=CC(C)(O)C(C(C)=CC=CC=CC=CC2(C)C3OC(=O)C2(C)C(=O)C3C)OC1C. The van der Waals surface area contributed by atoms with Gasteiger partial charge in [-0.2, -0.15) is 0 Å². The van der Waals surface area contributed by atoms with Crippen LogP contribution in [0.25, 0.3) is 0 Å². The van der Waals surface area contributed by atoms with Crippen molar-refractivity contribution in [3.8, 4) is 0 Å². The number of ether oxygens (including phenoxy) is 2. The van der Waals surface area contributed by atoms with Crippen LogP contribution in [0.4, 0.5) is 0 Å². The van der Waals surface area contributed by atoms with Crippen LogP contribution in [0, 0.1) is 16.7 Å². The van der Waals surface area contributed by atoms with Crippen molar-refractivity contribution in [1.82, 2.24) is 0 Å². The zero-order valence-corrected chi connectivity index (χ0v) is 19.5. The van der Waals surface area contributed by atoms with Crippen LogP contribution >= 0.6 is 0 Å². The van der Waals surface area contributed by atoms with Crippen molar-refractivity contribution in [2.75, 3.05) is 0 Å². The van der Waals surface area contributed by atoms with Crippen LogP contribution in [0.3, 0.4) is 0 Å². The van der Waals surface area contributed by atoms with E-state index in [2.05, 4.69) is 0 Å². The molecule has 0 aromatic carbocycles. The molecule has 3 aliphatic rings. The molecule has 1 saturated heterocycles. The van der Waals surface area contributed by atoms with E-state index in [9.17, 15) is 14.7 Å². The predicted molar refractivity (Wildman–Crippen MR) is 120 cm³/mol. The third kappa shape index (κ3) is 3.68. The Morgan fingerprint density at radius 1 is 1.06 bits per heavy atom. The number of hydrogen-bond donors (Lipinski definition) is 1. The molecular weight excluding hydrogens is 392 g/mol. The Morgan fingerprint density at radius 3 is 2.32 bits per heavy atom. The van der Waals surface area contributed by atoms with Gasteiger partial charge in [0, 0.05) is 5.41 Å². The van der Waals surface area contributed by atoms with E-state index in [1.165, 1.54) is 0 Å². The second kappa shape index (κ2) is 8.03. The van der Waals surface area contributed by atoms with Crippen molar-refractivity contribution in [1.29, 1.82) is 0 Å². The number of esters is 1. The van der Waals surface area contributed by atoms with Gasteiger partial charge in [-0.25, -0.2) is 0 Å². The molecular formula is C26H34O5. The lowest BCUT2D eigenvalue weighted by Crippen LogP contribution is -2.46. The molecule has 0 aromatic heterocycles. The van der Waals surface area contributed by atoms with E-state index < -0.39 is 34.6 Å². The highest BCUT2D eigenvalue weighted by atomic mass is 16.6. The minimum atomic E-state index is -1.11. The molecule has 1 N–H and O–H groups in total. The average Bonchev–Trinajstić information content (AvgIpc) is 2.97. The Balaban J connectivity index is 1.65. The predicted octanol–water partition coefficient (Wildman–Crippen LogP) is 4.24. The van der Waals surface area contributed by atoms with Gasteiger partial charge < -0.3 is 14.6 Å². The molecule has 2 bridgehead atoms. The highest BCUT2D eigenvalue weighted by molar-refractivity contribution is 6.10. The maximum atomic E-state index is 12.6. The number of allylic oxidation sites excluding steroid dienone is 6. The summed E-state index contributed by atoms with van der Waals surface area (Å²) in [5.74, 6) is -0.738. The number of fused-ring (bicyclic) bond motifs is 2. The first-order valence-corrected chi connectivity index (χ1v) is 10.9. The Labute approximate surface area is 185 Å². The second-order valence-corrected chi connectivity index (χ2v) is 9.70. The van der Waals surface area contributed by atoms with E-state index in [1.807, 2.05) is 83.2 Å². The number of rotatable bonds is 5. The fourth-order valence-corrected chi connectivity index (χ4v) is 5.12. The molecule has 0 aromatic rings. The fraction of sp³-hybridized carbons (Fsp3) is 0.538. The first-order valence-electron chi connectivity index (χ1n) is 10.9. The van der Waals surface area contributed by atoms with Crippen LogP contribution in [0.2, 0.25) is 0 Å². The molecule has 3 rings (SSSR count). The Kier molecular flexibility index (Phi) is 6.07. The van der Waals surface area contributed by atoms with E-state index in [0.29, 0.717) is 0 Å². The van der Waals surface area contributed by atoms with Gasteiger partial charge in [0.05, 0.1) is 12.0 Å². The molecule has 7 atom stereocenters. The Morgan fingerprint density at radius 2 is 1.68 bits per heavy atom. The van der Waals surface area contributed by atoms with Crippen molar-refractivity contribution in [2.24, 2.45) is 16.7 Å². The van der Waals surface area contributed by atoms with Gasteiger partial charge in [0.1, 0.15) is 23.2 Å². The van der Waals surface area contributed by atoms with Gasteiger partial charge in [-0.1, -0.05) is 56.4 Å².